The number of carbonyl (C=O) groups is 2. The molecule has 2 aliphatic heterocycles. The second-order valence-electron chi connectivity index (χ2n) is 8.93. The minimum atomic E-state index is 0.100. The summed E-state index contributed by atoms with van der Waals surface area (Å²) in [6.07, 6.45) is 19.0. The van der Waals surface area contributed by atoms with Crippen molar-refractivity contribution < 1.29 is 19.1 Å². The Balaban J connectivity index is 1.24. The summed E-state index contributed by atoms with van der Waals surface area (Å²) in [5, 5.41) is 5.80. The Hall–Kier alpha value is -1.14. The number of amides is 2. The van der Waals surface area contributed by atoms with Gasteiger partial charge >= 0.3 is 0 Å². The molecule has 0 radical (unpaired) electrons. The van der Waals surface area contributed by atoms with Crippen molar-refractivity contribution in [1.29, 1.82) is 0 Å². The second-order valence-corrected chi connectivity index (χ2v) is 8.93. The van der Waals surface area contributed by atoms with Gasteiger partial charge in [0.25, 0.3) is 0 Å². The van der Waals surface area contributed by atoms with Crippen molar-refractivity contribution in [2.75, 3.05) is 26.3 Å². The molecule has 2 atom stereocenters. The van der Waals surface area contributed by atoms with Crippen molar-refractivity contribution in [3.05, 3.63) is 0 Å². The van der Waals surface area contributed by atoms with Crippen molar-refractivity contribution in [1.82, 2.24) is 10.6 Å². The molecule has 30 heavy (non-hydrogen) atoms. The van der Waals surface area contributed by atoms with E-state index in [0.717, 1.165) is 38.9 Å². The van der Waals surface area contributed by atoms with Crippen molar-refractivity contribution in [2.24, 2.45) is 0 Å². The van der Waals surface area contributed by atoms with Gasteiger partial charge in [-0.1, -0.05) is 64.2 Å². The van der Waals surface area contributed by atoms with Crippen LogP contribution in [-0.4, -0.2) is 50.3 Å². The predicted octanol–water partition coefficient (Wildman–Crippen LogP) is 4.26. The molecule has 0 aliphatic carbocycles. The quantitative estimate of drug-likeness (QED) is 0.213. The SMILES string of the molecule is O=C(CCCCCCCCC1CO1)NCCNC(=O)CCCCCCCCC1CO1. The lowest BCUT2D eigenvalue weighted by atomic mass is 10.1. The molecule has 2 rings (SSSR count). The fraction of sp³-hybridized carbons (Fsp3) is 0.917. The zero-order valence-corrected chi connectivity index (χ0v) is 18.9. The maximum Gasteiger partial charge on any atom is 0.220 e. The summed E-state index contributed by atoms with van der Waals surface area (Å²) >= 11 is 0. The van der Waals surface area contributed by atoms with E-state index in [1.165, 1.54) is 64.2 Å². The molecule has 2 unspecified atom stereocenters. The lowest BCUT2D eigenvalue weighted by Crippen LogP contribution is -2.34. The third-order valence-electron chi connectivity index (χ3n) is 5.93. The molecule has 0 saturated carbocycles. The number of ether oxygens (including phenoxy) is 2. The Morgan fingerprint density at radius 2 is 0.900 bits per heavy atom. The molecule has 2 N–H and O–H groups in total. The highest BCUT2D eigenvalue weighted by molar-refractivity contribution is 5.77. The summed E-state index contributed by atoms with van der Waals surface area (Å²) in [6.45, 7) is 2.99. The van der Waals surface area contributed by atoms with E-state index in [4.69, 9.17) is 9.47 Å². The maximum atomic E-state index is 11.8. The minimum Gasteiger partial charge on any atom is -0.373 e. The van der Waals surface area contributed by atoms with Gasteiger partial charge in [-0.2, -0.15) is 0 Å². The molecular formula is C24H44N2O4. The van der Waals surface area contributed by atoms with Gasteiger partial charge in [-0.05, 0) is 25.7 Å². The maximum absolute atomic E-state index is 11.8. The Labute approximate surface area is 183 Å². The van der Waals surface area contributed by atoms with Crippen LogP contribution in [0.1, 0.15) is 103 Å². The molecule has 2 aliphatic rings. The summed E-state index contributed by atoms with van der Waals surface area (Å²) in [5.41, 5.74) is 0. The zero-order valence-electron chi connectivity index (χ0n) is 18.9. The molecule has 6 heteroatoms. The van der Waals surface area contributed by atoms with Crippen molar-refractivity contribution in [2.45, 2.75) is 115 Å². The first-order valence-electron chi connectivity index (χ1n) is 12.5. The van der Waals surface area contributed by atoms with Crippen LogP contribution in [0, 0.1) is 0 Å². The first kappa shape index (κ1) is 25.1. The summed E-state index contributed by atoms with van der Waals surface area (Å²) in [7, 11) is 0. The van der Waals surface area contributed by atoms with Gasteiger partial charge in [0.15, 0.2) is 0 Å². The Bertz CT molecular complexity index is 422. The van der Waals surface area contributed by atoms with E-state index in [1.807, 2.05) is 0 Å². The van der Waals surface area contributed by atoms with Crippen LogP contribution in [0.2, 0.25) is 0 Å². The zero-order chi connectivity index (χ0) is 21.3. The second kappa shape index (κ2) is 16.5. The number of carbonyl (C=O) groups excluding carboxylic acids is 2. The standard InChI is InChI=1S/C24H44N2O4/c27-23(15-11-7-3-1-5-9-13-21-19-29-21)25-17-18-26-24(28)16-12-8-4-2-6-10-14-22-20-30-22/h21-22H,1-20H2,(H,25,27)(H,26,28). The van der Waals surface area contributed by atoms with Gasteiger partial charge in [0.05, 0.1) is 25.4 Å². The average molecular weight is 425 g/mol. The third kappa shape index (κ3) is 15.7. The van der Waals surface area contributed by atoms with Crippen LogP contribution < -0.4 is 10.6 Å². The van der Waals surface area contributed by atoms with Crippen LogP contribution in [0.15, 0.2) is 0 Å². The number of hydrogen-bond acceptors (Lipinski definition) is 4. The van der Waals surface area contributed by atoms with E-state index in [1.54, 1.807) is 0 Å². The largest absolute Gasteiger partial charge is 0.373 e. The van der Waals surface area contributed by atoms with E-state index in [9.17, 15) is 9.59 Å². The molecule has 174 valence electrons. The molecule has 0 aromatic heterocycles. The molecule has 2 saturated heterocycles. The van der Waals surface area contributed by atoms with E-state index >= 15 is 0 Å². The molecular weight excluding hydrogens is 380 g/mol. The Morgan fingerprint density at radius 3 is 1.27 bits per heavy atom. The van der Waals surface area contributed by atoms with E-state index in [0.29, 0.717) is 38.1 Å². The lowest BCUT2D eigenvalue weighted by molar-refractivity contribution is -0.123. The number of nitrogens with one attached hydrogen (secondary N) is 2. The van der Waals surface area contributed by atoms with Gasteiger partial charge in [-0.3, -0.25) is 9.59 Å². The summed E-state index contributed by atoms with van der Waals surface area (Å²) < 4.78 is 10.4. The molecule has 0 spiro atoms. The molecule has 0 aromatic carbocycles. The monoisotopic (exact) mass is 424 g/mol. The topological polar surface area (TPSA) is 83.3 Å². The van der Waals surface area contributed by atoms with Crippen molar-refractivity contribution in [3.8, 4) is 0 Å². The molecule has 2 heterocycles. The van der Waals surface area contributed by atoms with Gasteiger partial charge in [0.1, 0.15) is 0 Å². The van der Waals surface area contributed by atoms with Crippen LogP contribution in [-0.2, 0) is 19.1 Å². The number of epoxide rings is 2. The number of rotatable bonds is 21. The van der Waals surface area contributed by atoms with Crippen LogP contribution in [0.5, 0.6) is 0 Å². The van der Waals surface area contributed by atoms with Crippen LogP contribution in [0.4, 0.5) is 0 Å². The molecule has 0 aromatic rings. The van der Waals surface area contributed by atoms with Gasteiger partial charge in [0, 0.05) is 25.9 Å². The van der Waals surface area contributed by atoms with Gasteiger partial charge < -0.3 is 20.1 Å². The van der Waals surface area contributed by atoms with Gasteiger partial charge in [0.2, 0.25) is 11.8 Å². The Kier molecular flexibility index (Phi) is 13.9. The smallest absolute Gasteiger partial charge is 0.220 e. The first-order valence-corrected chi connectivity index (χ1v) is 12.5. The number of unbranched alkanes of at least 4 members (excludes halogenated alkanes) is 10. The predicted molar refractivity (Wildman–Crippen MR) is 119 cm³/mol. The fourth-order valence-corrected chi connectivity index (χ4v) is 3.78. The highest BCUT2D eigenvalue weighted by Gasteiger charge is 2.21. The van der Waals surface area contributed by atoms with E-state index < -0.39 is 0 Å². The van der Waals surface area contributed by atoms with Crippen molar-refractivity contribution in [3.63, 3.8) is 0 Å². The van der Waals surface area contributed by atoms with Gasteiger partial charge in [-0.25, -0.2) is 0 Å². The minimum absolute atomic E-state index is 0.100. The van der Waals surface area contributed by atoms with E-state index in [2.05, 4.69) is 10.6 Å². The van der Waals surface area contributed by atoms with Crippen LogP contribution in [0.25, 0.3) is 0 Å². The molecule has 2 fully saturated rings. The average Bonchev–Trinajstić information content (AvgIpc) is 3.64. The van der Waals surface area contributed by atoms with E-state index in [-0.39, 0.29) is 11.8 Å². The highest BCUT2D eigenvalue weighted by atomic mass is 16.6. The summed E-state index contributed by atoms with van der Waals surface area (Å²) in [6, 6.07) is 0. The highest BCUT2D eigenvalue weighted by Crippen LogP contribution is 2.19. The summed E-state index contributed by atoms with van der Waals surface area (Å²) in [5.74, 6) is 0.201. The third-order valence-corrected chi connectivity index (χ3v) is 5.93. The first-order chi connectivity index (χ1) is 14.7. The fourth-order valence-electron chi connectivity index (χ4n) is 3.78. The van der Waals surface area contributed by atoms with Gasteiger partial charge in [-0.15, -0.1) is 0 Å². The molecule has 0 bridgehead atoms. The normalized spacial score (nSPS) is 19.5. The van der Waals surface area contributed by atoms with Crippen LogP contribution >= 0.6 is 0 Å². The molecule has 6 nitrogen and oxygen atoms in total. The lowest BCUT2D eigenvalue weighted by Gasteiger charge is -2.07. The molecule has 2 amide bonds. The number of hydrogen-bond donors (Lipinski definition) is 2. The van der Waals surface area contributed by atoms with Crippen LogP contribution in [0.3, 0.4) is 0 Å². The summed E-state index contributed by atoms with van der Waals surface area (Å²) in [4.78, 5) is 23.6. The Morgan fingerprint density at radius 1 is 0.567 bits per heavy atom. The van der Waals surface area contributed by atoms with Crippen molar-refractivity contribution >= 4 is 11.8 Å².